The molecule has 6 rings (SSSR count). The maximum Gasteiger partial charge on any atom is 0.243 e. The van der Waals surface area contributed by atoms with Crippen molar-refractivity contribution >= 4 is 22.9 Å². The second kappa shape index (κ2) is 6.50. The summed E-state index contributed by atoms with van der Waals surface area (Å²) in [6.07, 6.45) is 6.86. The maximum atomic E-state index is 13.1. The fraction of sp³-hybridized carbons (Fsp3) is 0.476. The molecule has 1 aliphatic heterocycles. The standard InChI is InChI=1S/C21H23N7O/c29-21(24-16-7-8-16)17-9-14-3-1-2-4-15(14)11-27(17)19-18-20(23-12-22-19)28(26-25-18)10-13-5-6-13/h1-4,12-13,16-17H,5-11H2,(H,24,29)/t17-/m0/s1. The number of amides is 1. The van der Waals surface area contributed by atoms with Crippen molar-refractivity contribution in [3.05, 3.63) is 41.7 Å². The highest BCUT2D eigenvalue weighted by molar-refractivity contribution is 5.90. The second-order valence-electron chi connectivity index (χ2n) is 8.48. The maximum absolute atomic E-state index is 13.1. The number of carbonyl (C=O) groups excluding carboxylic acids is 1. The molecule has 0 saturated heterocycles. The Labute approximate surface area is 168 Å². The third-order valence-electron chi connectivity index (χ3n) is 6.16. The third kappa shape index (κ3) is 3.12. The van der Waals surface area contributed by atoms with Gasteiger partial charge in [0.1, 0.15) is 12.4 Å². The van der Waals surface area contributed by atoms with Crippen molar-refractivity contribution in [2.45, 2.75) is 57.3 Å². The molecule has 8 nitrogen and oxygen atoms in total. The zero-order valence-electron chi connectivity index (χ0n) is 16.2. The van der Waals surface area contributed by atoms with Gasteiger partial charge in [0, 0.05) is 25.6 Å². The Kier molecular flexibility index (Phi) is 3.79. The Morgan fingerprint density at radius 1 is 1.10 bits per heavy atom. The fourth-order valence-electron chi connectivity index (χ4n) is 4.16. The van der Waals surface area contributed by atoms with E-state index in [1.54, 1.807) is 6.33 Å². The van der Waals surface area contributed by atoms with E-state index in [2.05, 4.69) is 42.6 Å². The Morgan fingerprint density at radius 3 is 2.72 bits per heavy atom. The molecule has 2 aliphatic carbocycles. The highest BCUT2D eigenvalue weighted by Crippen LogP contribution is 2.33. The van der Waals surface area contributed by atoms with Crippen molar-refractivity contribution in [2.24, 2.45) is 5.92 Å². The van der Waals surface area contributed by atoms with E-state index in [0.29, 0.717) is 36.3 Å². The number of fused-ring (bicyclic) bond motifs is 2. The van der Waals surface area contributed by atoms with Crippen molar-refractivity contribution in [2.75, 3.05) is 4.90 Å². The first-order valence-electron chi connectivity index (χ1n) is 10.4. The number of carbonyl (C=O) groups is 1. The molecule has 3 aromatic rings. The van der Waals surface area contributed by atoms with Crippen LogP contribution < -0.4 is 10.2 Å². The summed E-state index contributed by atoms with van der Waals surface area (Å²) in [6, 6.07) is 8.34. The number of rotatable bonds is 5. The van der Waals surface area contributed by atoms with Gasteiger partial charge in [-0.3, -0.25) is 4.79 Å². The van der Waals surface area contributed by atoms with Gasteiger partial charge in [-0.25, -0.2) is 14.6 Å². The van der Waals surface area contributed by atoms with Crippen molar-refractivity contribution in [3.63, 3.8) is 0 Å². The van der Waals surface area contributed by atoms with Crippen molar-refractivity contribution < 1.29 is 4.79 Å². The van der Waals surface area contributed by atoms with Crippen molar-refractivity contribution in [1.82, 2.24) is 30.3 Å². The van der Waals surface area contributed by atoms with Crippen LogP contribution in [0.2, 0.25) is 0 Å². The first-order chi connectivity index (χ1) is 14.3. The number of hydrogen-bond donors (Lipinski definition) is 1. The smallest absolute Gasteiger partial charge is 0.243 e. The van der Waals surface area contributed by atoms with Gasteiger partial charge in [0.15, 0.2) is 17.0 Å². The molecule has 2 saturated carbocycles. The largest absolute Gasteiger partial charge is 0.352 e. The van der Waals surface area contributed by atoms with Gasteiger partial charge in [-0.1, -0.05) is 29.5 Å². The molecule has 2 aromatic heterocycles. The van der Waals surface area contributed by atoms with E-state index in [9.17, 15) is 4.79 Å². The molecular formula is C21H23N7O. The average molecular weight is 389 g/mol. The van der Waals surface area contributed by atoms with E-state index in [4.69, 9.17) is 0 Å². The minimum absolute atomic E-state index is 0.0686. The monoisotopic (exact) mass is 389 g/mol. The number of nitrogens with one attached hydrogen (secondary N) is 1. The number of nitrogens with zero attached hydrogens (tertiary/aromatic N) is 6. The van der Waals surface area contributed by atoms with Gasteiger partial charge in [0.25, 0.3) is 0 Å². The molecule has 3 heterocycles. The Balaban J connectivity index is 1.40. The van der Waals surface area contributed by atoms with E-state index >= 15 is 0 Å². The van der Waals surface area contributed by atoms with Crippen molar-refractivity contribution in [1.29, 1.82) is 0 Å². The molecule has 3 aliphatic rings. The summed E-state index contributed by atoms with van der Waals surface area (Å²) in [7, 11) is 0. The van der Waals surface area contributed by atoms with Gasteiger partial charge in [0.05, 0.1) is 0 Å². The molecule has 0 spiro atoms. The Morgan fingerprint density at radius 2 is 1.93 bits per heavy atom. The Bertz CT molecular complexity index is 1090. The summed E-state index contributed by atoms with van der Waals surface area (Å²) in [5.74, 6) is 1.44. The molecule has 1 amide bonds. The lowest BCUT2D eigenvalue weighted by molar-refractivity contribution is -0.122. The molecule has 1 atom stereocenters. The van der Waals surface area contributed by atoms with E-state index in [0.717, 1.165) is 25.0 Å². The first-order valence-corrected chi connectivity index (χ1v) is 10.4. The first kappa shape index (κ1) is 16.9. The van der Waals surface area contributed by atoms with Crippen LogP contribution in [0.3, 0.4) is 0 Å². The molecule has 0 radical (unpaired) electrons. The number of aromatic nitrogens is 5. The molecule has 2 fully saturated rings. The van der Waals surface area contributed by atoms with Gasteiger partial charge in [-0.15, -0.1) is 5.10 Å². The lowest BCUT2D eigenvalue weighted by Gasteiger charge is -2.36. The lowest BCUT2D eigenvalue weighted by atomic mass is 9.93. The topological polar surface area (TPSA) is 88.8 Å². The predicted octanol–water partition coefficient (Wildman–Crippen LogP) is 1.84. The molecule has 0 bridgehead atoms. The Hall–Kier alpha value is -3.03. The average Bonchev–Trinajstić information content (AvgIpc) is 3.67. The van der Waals surface area contributed by atoms with Crippen LogP contribution in [0.1, 0.15) is 36.8 Å². The summed E-state index contributed by atoms with van der Waals surface area (Å²) in [4.78, 5) is 24.2. The molecule has 1 aromatic carbocycles. The fourth-order valence-corrected chi connectivity index (χ4v) is 4.16. The number of benzene rings is 1. The van der Waals surface area contributed by atoms with Gasteiger partial charge in [-0.2, -0.15) is 0 Å². The predicted molar refractivity (Wildman–Crippen MR) is 107 cm³/mol. The summed E-state index contributed by atoms with van der Waals surface area (Å²) in [5.41, 5.74) is 3.88. The van der Waals surface area contributed by atoms with E-state index in [-0.39, 0.29) is 11.9 Å². The van der Waals surface area contributed by atoms with E-state index in [1.807, 2.05) is 16.8 Å². The van der Waals surface area contributed by atoms with Crippen LogP contribution >= 0.6 is 0 Å². The normalized spacial score (nSPS) is 21.2. The lowest BCUT2D eigenvalue weighted by Crippen LogP contribution is -2.51. The zero-order valence-corrected chi connectivity index (χ0v) is 16.2. The van der Waals surface area contributed by atoms with Gasteiger partial charge in [0.2, 0.25) is 5.91 Å². The molecule has 8 heteroatoms. The van der Waals surface area contributed by atoms with Crippen LogP contribution in [0.5, 0.6) is 0 Å². The van der Waals surface area contributed by atoms with Crippen LogP contribution in [-0.4, -0.2) is 43.0 Å². The summed E-state index contributed by atoms with van der Waals surface area (Å²) in [6.45, 7) is 1.47. The van der Waals surface area contributed by atoms with Crippen LogP contribution in [-0.2, 0) is 24.3 Å². The zero-order chi connectivity index (χ0) is 19.4. The van der Waals surface area contributed by atoms with E-state index in [1.165, 1.54) is 24.0 Å². The summed E-state index contributed by atoms with van der Waals surface area (Å²) >= 11 is 0. The molecule has 29 heavy (non-hydrogen) atoms. The van der Waals surface area contributed by atoms with Crippen LogP contribution in [0, 0.1) is 5.92 Å². The van der Waals surface area contributed by atoms with Gasteiger partial charge >= 0.3 is 0 Å². The molecule has 148 valence electrons. The van der Waals surface area contributed by atoms with E-state index < -0.39 is 0 Å². The van der Waals surface area contributed by atoms with Crippen LogP contribution in [0.15, 0.2) is 30.6 Å². The molecule has 1 N–H and O–H groups in total. The SMILES string of the molecule is O=C(NC1CC1)[C@@H]1Cc2ccccc2CN1c1ncnc2c1nnn2CC1CC1. The highest BCUT2D eigenvalue weighted by Gasteiger charge is 2.36. The van der Waals surface area contributed by atoms with Crippen LogP contribution in [0.4, 0.5) is 5.82 Å². The second-order valence-corrected chi connectivity index (χ2v) is 8.48. The molecule has 0 unspecified atom stereocenters. The quantitative estimate of drug-likeness (QED) is 0.716. The molecular weight excluding hydrogens is 366 g/mol. The summed E-state index contributed by atoms with van der Waals surface area (Å²) in [5, 5.41) is 11.9. The highest BCUT2D eigenvalue weighted by atomic mass is 16.2. The minimum Gasteiger partial charge on any atom is -0.352 e. The minimum atomic E-state index is -0.308. The van der Waals surface area contributed by atoms with Crippen LogP contribution in [0.25, 0.3) is 11.2 Å². The van der Waals surface area contributed by atoms with Gasteiger partial charge < -0.3 is 10.2 Å². The number of anilines is 1. The van der Waals surface area contributed by atoms with Gasteiger partial charge in [-0.05, 0) is 42.7 Å². The van der Waals surface area contributed by atoms with Crippen molar-refractivity contribution in [3.8, 4) is 0 Å². The number of hydrogen-bond acceptors (Lipinski definition) is 6. The summed E-state index contributed by atoms with van der Waals surface area (Å²) < 4.78 is 1.88. The third-order valence-corrected chi connectivity index (χ3v) is 6.16.